The minimum absolute atomic E-state index is 0.210. The van der Waals surface area contributed by atoms with Crippen molar-refractivity contribution in [2.45, 2.75) is 45.4 Å². The summed E-state index contributed by atoms with van der Waals surface area (Å²) >= 11 is 1.80. The Morgan fingerprint density at radius 1 is 1.41 bits per heavy atom. The van der Waals surface area contributed by atoms with Crippen LogP contribution in [0.25, 0.3) is 0 Å². The molecule has 2 aromatic heterocycles. The van der Waals surface area contributed by atoms with Crippen LogP contribution in [-0.4, -0.2) is 29.1 Å². The normalized spacial score (nSPS) is 28.9. The van der Waals surface area contributed by atoms with Crippen LogP contribution in [-0.2, 0) is 11.3 Å². The second-order valence-corrected chi connectivity index (χ2v) is 7.74. The summed E-state index contributed by atoms with van der Waals surface area (Å²) in [5, 5.41) is 1.17. The molecule has 22 heavy (non-hydrogen) atoms. The van der Waals surface area contributed by atoms with Gasteiger partial charge in [-0.05, 0) is 45.2 Å². The fourth-order valence-electron chi connectivity index (χ4n) is 3.57. The van der Waals surface area contributed by atoms with Gasteiger partial charge in [0.2, 0.25) is 0 Å². The number of likely N-dealkylation sites (tertiary alicyclic amines) is 1. The van der Waals surface area contributed by atoms with Crippen LogP contribution >= 0.6 is 11.3 Å². The van der Waals surface area contributed by atoms with E-state index in [0.717, 1.165) is 31.7 Å². The zero-order valence-electron chi connectivity index (χ0n) is 13.1. The fraction of sp³-hybridized carbons (Fsp3) is 0.588. The molecule has 0 radical (unpaired) electrons. The first kappa shape index (κ1) is 14.4. The van der Waals surface area contributed by atoms with Crippen LogP contribution in [0.15, 0.2) is 23.0 Å². The fourth-order valence-corrected chi connectivity index (χ4v) is 4.55. The molecule has 4 rings (SSSR count). The summed E-state index contributed by atoms with van der Waals surface area (Å²) in [5.41, 5.74) is 2.40. The van der Waals surface area contributed by atoms with Crippen molar-refractivity contribution in [3.8, 4) is 0 Å². The molecule has 0 unspecified atom stereocenters. The summed E-state index contributed by atoms with van der Waals surface area (Å²) in [6.07, 6.45) is 6.51. The van der Waals surface area contributed by atoms with Gasteiger partial charge in [0.25, 0.3) is 0 Å². The second-order valence-electron chi connectivity index (χ2n) is 6.51. The number of nitrogens with zero attached hydrogens (tertiary/aromatic N) is 2. The molecule has 0 amide bonds. The number of thiazole rings is 1. The standard InChI is InChI=1S/C17H22N2O2S/c1-11-12(2)22-17(18-11)15-7-14-3-5-19(9-16(14)21-15)8-13-4-6-20-10-13/h4,6,10,14-16H,3,5,7-9H2,1-2H3/t14-,15+,16-/m0/s1. The molecule has 0 bridgehead atoms. The number of hydrogen-bond acceptors (Lipinski definition) is 5. The van der Waals surface area contributed by atoms with E-state index in [4.69, 9.17) is 14.1 Å². The number of aromatic nitrogens is 1. The van der Waals surface area contributed by atoms with Gasteiger partial charge in [-0.1, -0.05) is 0 Å². The van der Waals surface area contributed by atoms with Crippen LogP contribution in [0.4, 0.5) is 0 Å². The van der Waals surface area contributed by atoms with Crippen LogP contribution < -0.4 is 0 Å². The van der Waals surface area contributed by atoms with Crippen molar-refractivity contribution < 1.29 is 9.15 Å². The van der Waals surface area contributed by atoms with Crippen molar-refractivity contribution in [3.05, 3.63) is 39.7 Å². The SMILES string of the molecule is Cc1nc([C@H]2C[C@@H]3CCN(Cc4ccoc4)C[C@@H]3O2)sc1C. The van der Waals surface area contributed by atoms with Gasteiger partial charge >= 0.3 is 0 Å². The highest BCUT2D eigenvalue weighted by atomic mass is 32.1. The van der Waals surface area contributed by atoms with Gasteiger partial charge in [-0.3, -0.25) is 4.90 Å². The van der Waals surface area contributed by atoms with Gasteiger partial charge in [-0.15, -0.1) is 11.3 Å². The lowest BCUT2D eigenvalue weighted by Crippen LogP contribution is -2.41. The Morgan fingerprint density at radius 2 is 2.32 bits per heavy atom. The average Bonchev–Trinajstić information content (AvgIpc) is 3.20. The zero-order valence-corrected chi connectivity index (χ0v) is 13.9. The van der Waals surface area contributed by atoms with Crippen LogP contribution in [0.5, 0.6) is 0 Å². The van der Waals surface area contributed by atoms with E-state index in [2.05, 4.69) is 18.7 Å². The first-order valence-corrected chi connectivity index (χ1v) is 8.83. The Labute approximate surface area is 135 Å². The highest BCUT2D eigenvalue weighted by Crippen LogP contribution is 2.42. The van der Waals surface area contributed by atoms with Gasteiger partial charge in [0, 0.05) is 23.5 Å². The lowest BCUT2D eigenvalue weighted by atomic mass is 9.91. The van der Waals surface area contributed by atoms with E-state index in [9.17, 15) is 0 Å². The van der Waals surface area contributed by atoms with Crippen molar-refractivity contribution >= 4 is 11.3 Å². The Kier molecular flexibility index (Phi) is 3.80. The largest absolute Gasteiger partial charge is 0.472 e. The number of piperidine rings is 1. The molecule has 2 aromatic rings. The molecule has 4 nitrogen and oxygen atoms in total. The van der Waals surface area contributed by atoms with Crippen LogP contribution in [0.1, 0.15) is 40.1 Å². The maximum atomic E-state index is 6.35. The summed E-state index contributed by atoms with van der Waals surface area (Å²) in [6.45, 7) is 7.37. The molecule has 4 heterocycles. The molecule has 0 saturated carbocycles. The second kappa shape index (κ2) is 5.80. The molecular formula is C17H22N2O2S. The molecule has 0 spiro atoms. The number of rotatable bonds is 3. The predicted molar refractivity (Wildman–Crippen MR) is 85.9 cm³/mol. The summed E-state index contributed by atoms with van der Waals surface area (Å²) in [6, 6.07) is 2.05. The molecule has 2 fully saturated rings. The molecular weight excluding hydrogens is 296 g/mol. The highest BCUT2D eigenvalue weighted by molar-refractivity contribution is 7.11. The molecule has 0 aromatic carbocycles. The molecule has 3 atom stereocenters. The van der Waals surface area contributed by atoms with Crippen molar-refractivity contribution in [2.24, 2.45) is 5.92 Å². The van der Waals surface area contributed by atoms with E-state index < -0.39 is 0 Å². The molecule has 0 N–H and O–H groups in total. The van der Waals surface area contributed by atoms with Crippen LogP contribution in [0.2, 0.25) is 0 Å². The summed E-state index contributed by atoms with van der Waals surface area (Å²) in [7, 11) is 0. The Bertz CT molecular complexity index is 618. The highest BCUT2D eigenvalue weighted by Gasteiger charge is 2.40. The predicted octanol–water partition coefficient (Wildman–Crippen LogP) is 3.71. The van der Waals surface area contributed by atoms with Crippen molar-refractivity contribution in [1.82, 2.24) is 9.88 Å². The first-order valence-electron chi connectivity index (χ1n) is 8.02. The van der Waals surface area contributed by atoms with Crippen LogP contribution in [0.3, 0.4) is 0 Å². The molecule has 5 heteroatoms. The summed E-state index contributed by atoms with van der Waals surface area (Å²) in [4.78, 5) is 8.49. The lowest BCUT2D eigenvalue weighted by molar-refractivity contribution is -0.00945. The summed E-state index contributed by atoms with van der Waals surface area (Å²) in [5.74, 6) is 0.690. The van der Waals surface area contributed by atoms with Gasteiger partial charge in [-0.25, -0.2) is 4.98 Å². The van der Waals surface area contributed by atoms with Gasteiger partial charge in [-0.2, -0.15) is 0 Å². The van der Waals surface area contributed by atoms with E-state index in [0.29, 0.717) is 12.0 Å². The topological polar surface area (TPSA) is 38.5 Å². The molecule has 2 saturated heterocycles. The van der Waals surface area contributed by atoms with Crippen molar-refractivity contribution in [2.75, 3.05) is 13.1 Å². The monoisotopic (exact) mass is 318 g/mol. The van der Waals surface area contributed by atoms with Crippen LogP contribution in [0, 0.1) is 19.8 Å². The third-order valence-electron chi connectivity index (χ3n) is 4.94. The number of ether oxygens (including phenoxy) is 1. The average molecular weight is 318 g/mol. The minimum Gasteiger partial charge on any atom is -0.472 e. The van der Waals surface area contributed by atoms with E-state index >= 15 is 0 Å². The van der Waals surface area contributed by atoms with E-state index in [-0.39, 0.29) is 6.10 Å². The number of furan rings is 1. The Hall–Kier alpha value is -1.17. The quantitative estimate of drug-likeness (QED) is 0.865. The van der Waals surface area contributed by atoms with Gasteiger partial charge in [0.15, 0.2) is 0 Å². The molecule has 0 aliphatic carbocycles. The zero-order chi connectivity index (χ0) is 15.1. The Balaban J connectivity index is 1.41. The van der Waals surface area contributed by atoms with Gasteiger partial charge in [0.05, 0.1) is 24.3 Å². The van der Waals surface area contributed by atoms with Gasteiger partial charge in [0.1, 0.15) is 11.1 Å². The van der Waals surface area contributed by atoms with E-state index in [1.54, 1.807) is 17.6 Å². The molecule has 118 valence electrons. The van der Waals surface area contributed by atoms with Crippen molar-refractivity contribution in [3.63, 3.8) is 0 Å². The maximum Gasteiger partial charge on any atom is 0.122 e. The first-order chi connectivity index (χ1) is 10.7. The minimum atomic E-state index is 0.210. The van der Waals surface area contributed by atoms with Gasteiger partial charge < -0.3 is 9.15 Å². The Morgan fingerprint density at radius 3 is 3.05 bits per heavy atom. The number of aryl methyl sites for hydroxylation is 2. The summed E-state index contributed by atoms with van der Waals surface area (Å²) < 4.78 is 11.5. The number of fused-ring (bicyclic) bond motifs is 1. The van der Waals surface area contributed by atoms with E-state index in [1.807, 2.05) is 12.3 Å². The lowest BCUT2D eigenvalue weighted by Gasteiger charge is -2.33. The third kappa shape index (κ3) is 2.73. The molecule has 2 aliphatic rings. The van der Waals surface area contributed by atoms with Crippen molar-refractivity contribution in [1.29, 1.82) is 0 Å². The molecule has 2 aliphatic heterocycles. The number of hydrogen-bond donors (Lipinski definition) is 0. The maximum absolute atomic E-state index is 6.35. The van der Waals surface area contributed by atoms with E-state index in [1.165, 1.54) is 21.9 Å². The third-order valence-corrected chi connectivity index (χ3v) is 6.11. The smallest absolute Gasteiger partial charge is 0.122 e.